The lowest BCUT2D eigenvalue weighted by Crippen LogP contribution is -2.34. The van der Waals surface area contributed by atoms with Crippen LogP contribution in [0.15, 0.2) is 60.8 Å². The highest BCUT2D eigenvalue weighted by Gasteiger charge is 2.15. The van der Waals surface area contributed by atoms with Crippen molar-refractivity contribution in [1.82, 2.24) is 9.88 Å². The maximum Gasteiger partial charge on any atom is 0.345 e. The number of amides is 1. The first-order valence-corrected chi connectivity index (χ1v) is 11.4. The van der Waals surface area contributed by atoms with Crippen LogP contribution in [0, 0.1) is 0 Å². The van der Waals surface area contributed by atoms with Gasteiger partial charge in [0.15, 0.2) is 0 Å². The van der Waals surface area contributed by atoms with Crippen LogP contribution in [0.3, 0.4) is 0 Å². The Hall–Kier alpha value is -2.70. The number of pyridine rings is 1. The van der Waals surface area contributed by atoms with Crippen LogP contribution in [0.4, 0.5) is 0 Å². The Labute approximate surface area is 191 Å². The number of halogens is 1. The Kier molecular flexibility index (Phi) is 8.62. The molecule has 3 rings (SSSR count). The first kappa shape index (κ1) is 23.0. The van der Waals surface area contributed by atoms with Gasteiger partial charge in [-0.25, -0.2) is 4.79 Å². The Morgan fingerprint density at radius 3 is 2.48 bits per heavy atom. The first-order valence-electron chi connectivity index (χ1n) is 10.3. The zero-order valence-electron chi connectivity index (χ0n) is 17.2. The molecule has 0 aliphatic rings. The molecule has 2 aromatic heterocycles. The molecule has 1 aromatic carbocycles. The van der Waals surface area contributed by atoms with Gasteiger partial charge in [-0.3, -0.25) is 9.78 Å². The number of benzene rings is 1. The van der Waals surface area contributed by atoms with Crippen molar-refractivity contribution in [3.63, 3.8) is 0 Å². The molecule has 7 heteroatoms. The molecule has 0 bridgehead atoms. The minimum atomic E-state index is -0.899. The summed E-state index contributed by atoms with van der Waals surface area (Å²) in [4.78, 5) is 31.5. The van der Waals surface area contributed by atoms with E-state index in [4.69, 9.17) is 16.7 Å². The number of carbonyl (C=O) groups excluding carboxylic acids is 1. The molecule has 0 saturated heterocycles. The zero-order valence-corrected chi connectivity index (χ0v) is 18.7. The molecule has 0 atom stereocenters. The second kappa shape index (κ2) is 11.6. The predicted molar refractivity (Wildman–Crippen MR) is 124 cm³/mol. The molecular weight excluding hydrogens is 432 g/mol. The molecule has 3 aromatic rings. The van der Waals surface area contributed by atoms with Crippen LogP contribution in [0.2, 0.25) is 5.02 Å². The number of carbonyl (C=O) groups is 2. The third-order valence-electron chi connectivity index (χ3n) is 4.92. The summed E-state index contributed by atoms with van der Waals surface area (Å²) in [6.07, 6.45) is 5.20. The average molecular weight is 457 g/mol. The Morgan fingerprint density at radius 2 is 1.81 bits per heavy atom. The molecule has 1 N–H and O–H groups in total. The molecule has 0 fully saturated rings. The van der Waals surface area contributed by atoms with E-state index in [1.54, 1.807) is 12.3 Å². The van der Waals surface area contributed by atoms with Crippen LogP contribution in [-0.2, 0) is 24.1 Å². The minimum Gasteiger partial charge on any atom is -0.477 e. The topological polar surface area (TPSA) is 70.5 Å². The molecule has 31 heavy (non-hydrogen) atoms. The van der Waals surface area contributed by atoms with Crippen LogP contribution < -0.4 is 0 Å². The summed E-state index contributed by atoms with van der Waals surface area (Å²) in [5.74, 6) is -0.841. The van der Waals surface area contributed by atoms with E-state index in [1.165, 1.54) is 11.3 Å². The lowest BCUT2D eigenvalue weighted by atomic mass is 10.1. The van der Waals surface area contributed by atoms with Crippen molar-refractivity contribution < 1.29 is 14.7 Å². The SMILES string of the molecule is O=C(O)c1ccc(CCCN(CCCc2cccc(Cl)c2)C(=O)Cc2ccccn2)s1. The molecule has 0 spiro atoms. The van der Waals surface area contributed by atoms with Gasteiger partial charge in [0, 0.05) is 34.9 Å². The van der Waals surface area contributed by atoms with E-state index in [2.05, 4.69) is 4.98 Å². The van der Waals surface area contributed by atoms with Gasteiger partial charge in [0.1, 0.15) is 4.88 Å². The average Bonchev–Trinajstić information content (AvgIpc) is 3.23. The number of aryl methyl sites for hydroxylation is 2. The number of aromatic nitrogens is 1. The standard InChI is InChI=1S/C24H25ClN2O3S/c25-19-8-3-6-18(16-19)7-4-14-27(23(28)17-20-9-1-2-13-26-20)15-5-10-21-11-12-22(31-21)24(29)30/h1-3,6,8-9,11-13,16H,4-5,7,10,14-15,17H2,(H,29,30). The van der Waals surface area contributed by atoms with E-state index < -0.39 is 5.97 Å². The van der Waals surface area contributed by atoms with Gasteiger partial charge >= 0.3 is 5.97 Å². The highest BCUT2D eigenvalue weighted by molar-refractivity contribution is 7.13. The van der Waals surface area contributed by atoms with Crippen molar-refractivity contribution in [2.45, 2.75) is 32.1 Å². The smallest absolute Gasteiger partial charge is 0.345 e. The van der Waals surface area contributed by atoms with Crippen LogP contribution in [-0.4, -0.2) is 40.0 Å². The van der Waals surface area contributed by atoms with E-state index in [0.29, 0.717) is 18.0 Å². The third kappa shape index (κ3) is 7.49. The van der Waals surface area contributed by atoms with Crippen molar-refractivity contribution in [1.29, 1.82) is 0 Å². The van der Waals surface area contributed by atoms with E-state index in [0.717, 1.165) is 46.8 Å². The summed E-state index contributed by atoms with van der Waals surface area (Å²) in [5.41, 5.74) is 1.92. The molecule has 0 unspecified atom stereocenters. The molecule has 0 aliphatic heterocycles. The highest BCUT2D eigenvalue weighted by atomic mass is 35.5. The Morgan fingerprint density at radius 1 is 1.00 bits per heavy atom. The van der Waals surface area contributed by atoms with Crippen LogP contribution in [0.1, 0.15) is 38.6 Å². The predicted octanol–water partition coefficient (Wildman–Crippen LogP) is 5.13. The van der Waals surface area contributed by atoms with Crippen molar-refractivity contribution in [2.75, 3.05) is 13.1 Å². The summed E-state index contributed by atoms with van der Waals surface area (Å²) in [6.45, 7) is 1.28. The van der Waals surface area contributed by atoms with Crippen LogP contribution in [0.25, 0.3) is 0 Å². The lowest BCUT2D eigenvalue weighted by molar-refractivity contribution is -0.130. The lowest BCUT2D eigenvalue weighted by Gasteiger charge is -2.23. The summed E-state index contributed by atoms with van der Waals surface area (Å²) < 4.78 is 0. The maximum absolute atomic E-state index is 12.9. The third-order valence-corrected chi connectivity index (χ3v) is 6.29. The van der Waals surface area contributed by atoms with Crippen LogP contribution >= 0.6 is 22.9 Å². The van der Waals surface area contributed by atoms with E-state index >= 15 is 0 Å². The number of thiophene rings is 1. The quantitative estimate of drug-likeness (QED) is 0.434. The van der Waals surface area contributed by atoms with Crippen molar-refractivity contribution in [3.8, 4) is 0 Å². The van der Waals surface area contributed by atoms with Gasteiger partial charge in [-0.1, -0.05) is 29.8 Å². The first-order chi connectivity index (χ1) is 15.0. The normalized spacial score (nSPS) is 10.7. The van der Waals surface area contributed by atoms with Gasteiger partial charge < -0.3 is 10.0 Å². The van der Waals surface area contributed by atoms with Gasteiger partial charge in [0.25, 0.3) is 0 Å². The monoisotopic (exact) mass is 456 g/mol. The zero-order chi connectivity index (χ0) is 22.1. The fraction of sp³-hybridized carbons (Fsp3) is 0.292. The number of nitrogens with zero attached hydrogens (tertiary/aromatic N) is 2. The van der Waals surface area contributed by atoms with E-state index in [-0.39, 0.29) is 12.3 Å². The summed E-state index contributed by atoms with van der Waals surface area (Å²) in [6, 6.07) is 16.9. The van der Waals surface area contributed by atoms with Gasteiger partial charge in [-0.15, -0.1) is 11.3 Å². The molecule has 0 saturated carbocycles. The number of hydrogen-bond acceptors (Lipinski definition) is 4. The Balaban J connectivity index is 1.57. The molecule has 0 aliphatic carbocycles. The number of carboxylic acid groups (broad SMARTS) is 1. The van der Waals surface area contributed by atoms with Crippen molar-refractivity contribution in [3.05, 3.63) is 86.8 Å². The number of carboxylic acids is 1. The molecule has 2 heterocycles. The van der Waals surface area contributed by atoms with Crippen molar-refractivity contribution >= 4 is 34.8 Å². The largest absolute Gasteiger partial charge is 0.477 e. The highest BCUT2D eigenvalue weighted by Crippen LogP contribution is 2.18. The number of aromatic carboxylic acids is 1. The summed E-state index contributed by atoms with van der Waals surface area (Å²) >= 11 is 7.36. The van der Waals surface area contributed by atoms with Gasteiger partial charge in [0.2, 0.25) is 5.91 Å². The molecule has 5 nitrogen and oxygen atoms in total. The molecule has 0 radical (unpaired) electrons. The second-order valence-electron chi connectivity index (χ2n) is 7.29. The van der Waals surface area contributed by atoms with Gasteiger partial charge in [-0.05, 0) is 67.6 Å². The number of hydrogen-bond donors (Lipinski definition) is 1. The fourth-order valence-corrected chi connectivity index (χ4v) is 4.47. The van der Waals surface area contributed by atoms with E-state index in [1.807, 2.05) is 53.4 Å². The second-order valence-corrected chi connectivity index (χ2v) is 8.89. The Bertz CT molecular complexity index is 1010. The van der Waals surface area contributed by atoms with Crippen LogP contribution in [0.5, 0.6) is 0 Å². The molecular formula is C24H25ClN2O3S. The van der Waals surface area contributed by atoms with Gasteiger partial charge in [0.05, 0.1) is 6.42 Å². The van der Waals surface area contributed by atoms with Crippen molar-refractivity contribution in [2.24, 2.45) is 0 Å². The number of rotatable bonds is 11. The minimum absolute atomic E-state index is 0.0576. The molecule has 162 valence electrons. The molecule has 1 amide bonds. The maximum atomic E-state index is 12.9. The fourth-order valence-electron chi connectivity index (χ4n) is 3.37. The summed E-state index contributed by atoms with van der Waals surface area (Å²) in [7, 11) is 0. The summed E-state index contributed by atoms with van der Waals surface area (Å²) in [5, 5.41) is 9.80. The van der Waals surface area contributed by atoms with Gasteiger partial charge in [-0.2, -0.15) is 0 Å². The van der Waals surface area contributed by atoms with E-state index in [9.17, 15) is 9.59 Å².